The average molecular weight is 977 g/mol. The van der Waals surface area contributed by atoms with Gasteiger partial charge in [0.1, 0.15) is 29.0 Å². The molecule has 1 N–H and O–H groups in total. The van der Waals surface area contributed by atoms with Crippen molar-refractivity contribution in [1.29, 1.82) is 0 Å². The summed E-state index contributed by atoms with van der Waals surface area (Å²) in [5, 5.41) is 11.9. The normalized spacial score (nSPS) is 19.5. The molecule has 4 fully saturated rings. The van der Waals surface area contributed by atoms with Gasteiger partial charge >= 0.3 is 0 Å². The number of rotatable bonds is 13. The largest absolute Gasteiger partial charge is 0.497 e. The number of aromatic nitrogens is 6. The zero-order chi connectivity index (χ0) is 49.9. The van der Waals surface area contributed by atoms with E-state index in [0.29, 0.717) is 37.7 Å². The van der Waals surface area contributed by atoms with E-state index in [0.717, 1.165) is 109 Å². The lowest BCUT2D eigenvalue weighted by Crippen LogP contribution is -2.36. The smallest absolute Gasteiger partial charge is 0.241 e. The van der Waals surface area contributed by atoms with Gasteiger partial charge in [0.05, 0.1) is 75.8 Å². The number of methoxy groups -OCH3 is 1. The molecule has 4 aromatic heterocycles. The predicted octanol–water partition coefficient (Wildman–Crippen LogP) is 7.37. The Kier molecular flexibility index (Phi) is 14.3. The molecule has 4 aliphatic rings. The summed E-state index contributed by atoms with van der Waals surface area (Å²) in [4.78, 5) is 41.1. The van der Waals surface area contributed by atoms with Crippen molar-refractivity contribution in [2.24, 2.45) is 11.8 Å². The highest BCUT2D eigenvalue weighted by molar-refractivity contribution is 5.79. The highest BCUT2D eigenvalue weighted by Gasteiger charge is 2.37. The van der Waals surface area contributed by atoms with Crippen molar-refractivity contribution in [3.8, 4) is 40.0 Å². The Bertz CT molecular complexity index is 3000. The third kappa shape index (κ3) is 10.4. The molecule has 0 bridgehead atoms. The van der Waals surface area contributed by atoms with E-state index in [1.165, 1.54) is 11.4 Å². The number of morpholine rings is 2. The van der Waals surface area contributed by atoms with Crippen LogP contribution in [-0.2, 0) is 19.1 Å². The lowest BCUT2D eigenvalue weighted by atomic mass is 10.0. The summed E-state index contributed by atoms with van der Waals surface area (Å²) >= 11 is 0. The van der Waals surface area contributed by atoms with Gasteiger partial charge in [-0.1, -0.05) is 36.4 Å². The maximum atomic E-state index is 13.1. The molecule has 0 unspecified atom stereocenters. The first-order chi connectivity index (χ1) is 35.0. The lowest BCUT2D eigenvalue weighted by molar-refractivity contribution is -0.129. The van der Waals surface area contributed by atoms with E-state index in [-0.39, 0.29) is 41.9 Å². The highest BCUT2D eigenvalue weighted by atomic mass is 16.5. The monoisotopic (exact) mass is 976 g/mol. The van der Waals surface area contributed by atoms with Crippen molar-refractivity contribution in [3.63, 3.8) is 0 Å². The van der Waals surface area contributed by atoms with Crippen LogP contribution < -0.4 is 29.3 Å². The second-order valence-corrected chi connectivity index (χ2v) is 19.3. The standard InChI is InChI=1S/C32H37N5O4.C23H27N5O3/c1-21-18-33-37-20-29(25-5-9-27(10-6-25)35-13-15-40-16-14-35)34-32(31(21)37)41-23(3)26-17-30(38)36(19-26)22(2)24-7-11-28(39-4)12-8-24;1-15-12-25-28-14-20(17-3-5-19(6-4-17)27-7-9-30-10-8-27)26-23(22(15)28)31-16(2)18-11-21(29)24-13-18/h5-12,18,20,22-23,26H,13-17,19H2,1-4H3;3-6,12,14,16,18H,7-11,13H2,1-2H3,(H,24,29)/t22-,23-,26-;16-,18-/m11/s1. The average Bonchev–Trinajstić information content (AvgIpc) is 4.23. The second-order valence-electron chi connectivity index (χ2n) is 19.3. The molecule has 0 saturated carbocycles. The van der Waals surface area contributed by atoms with Gasteiger partial charge in [0.2, 0.25) is 23.6 Å². The summed E-state index contributed by atoms with van der Waals surface area (Å²) in [7, 11) is 1.65. The molecule has 17 nitrogen and oxygen atoms in total. The fraction of sp³-hybridized carbons (Fsp3) is 0.418. The molecule has 11 rings (SSSR count). The lowest BCUT2D eigenvalue weighted by Gasteiger charge is -2.28. The Morgan fingerprint density at radius 2 is 1.12 bits per heavy atom. The van der Waals surface area contributed by atoms with Crippen LogP contribution in [0.25, 0.3) is 33.5 Å². The first-order valence-electron chi connectivity index (χ1n) is 25.1. The molecule has 2 amide bonds. The van der Waals surface area contributed by atoms with E-state index in [4.69, 9.17) is 33.7 Å². The molecular weight excluding hydrogens is 913 g/mol. The number of aryl methyl sites for hydroxylation is 2. The third-order valence-corrected chi connectivity index (χ3v) is 14.6. The molecule has 0 radical (unpaired) electrons. The number of nitrogens with one attached hydrogen (secondary N) is 1. The van der Waals surface area contributed by atoms with Crippen LogP contribution in [-0.4, -0.2) is 131 Å². The molecule has 17 heteroatoms. The quantitative estimate of drug-likeness (QED) is 0.122. The Hall–Kier alpha value is -7.24. The predicted molar refractivity (Wildman–Crippen MR) is 275 cm³/mol. The molecule has 8 heterocycles. The zero-order valence-corrected chi connectivity index (χ0v) is 42.0. The van der Waals surface area contributed by atoms with Crippen LogP contribution in [0.5, 0.6) is 17.5 Å². The summed E-state index contributed by atoms with van der Waals surface area (Å²) in [6, 6.07) is 24.7. The van der Waals surface area contributed by atoms with E-state index in [1.54, 1.807) is 7.11 Å². The number of amides is 2. The number of hydrogen-bond acceptors (Lipinski definition) is 13. The number of nitrogens with zero attached hydrogens (tertiary/aromatic N) is 9. The van der Waals surface area contributed by atoms with Gasteiger partial charge in [-0.25, -0.2) is 19.0 Å². The van der Waals surface area contributed by atoms with Crippen LogP contribution >= 0.6 is 0 Å². The number of carbonyl (C=O) groups is 2. The molecule has 376 valence electrons. The van der Waals surface area contributed by atoms with E-state index >= 15 is 0 Å². The summed E-state index contributed by atoms with van der Waals surface area (Å²) < 4.78 is 32.7. The topological polar surface area (TPSA) is 162 Å². The molecule has 7 aromatic rings. The maximum Gasteiger partial charge on any atom is 0.241 e. The van der Waals surface area contributed by atoms with E-state index in [1.807, 2.05) is 90.7 Å². The summed E-state index contributed by atoms with van der Waals surface area (Å²) in [5.74, 6) is 2.29. The number of hydrogen-bond donors (Lipinski definition) is 1. The van der Waals surface area contributed by atoms with Crippen LogP contribution in [0.2, 0.25) is 0 Å². The number of anilines is 2. The summed E-state index contributed by atoms with van der Waals surface area (Å²) in [6.45, 7) is 18.0. The summed E-state index contributed by atoms with van der Waals surface area (Å²) in [5.41, 5.74) is 10.7. The van der Waals surface area contributed by atoms with Gasteiger partial charge in [0, 0.05) is 97.6 Å². The second kappa shape index (κ2) is 21.2. The first-order valence-corrected chi connectivity index (χ1v) is 25.1. The van der Waals surface area contributed by atoms with E-state index in [2.05, 4.69) is 80.8 Å². The molecule has 5 atom stereocenters. The van der Waals surface area contributed by atoms with Crippen LogP contribution in [0.4, 0.5) is 11.4 Å². The van der Waals surface area contributed by atoms with Crippen LogP contribution in [0.15, 0.2) is 97.6 Å². The van der Waals surface area contributed by atoms with Crippen molar-refractivity contribution >= 4 is 34.2 Å². The van der Waals surface area contributed by atoms with Gasteiger partial charge in [-0.05, 0) is 76.6 Å². The van der Waals surface area contributed by atoms with Crippen molar-refractivity contribution < 1.29 is 33.3 Å². The van der Waals surface area contributed by atoms with Gasteiger partial charge in [-0.2, -0.15) is 10.2 Å². The number of likely N-dealkylation sites (tertiary alicyclic amines) is 1. The maximum absolute atomic E-state index is 13.1. The van der Waals surface area contributed by atoms with Gasteiger partial charge in [0.15, 0.2) is 0 Å². The first kappa shape index (κ1) is 48.4. The minimum Gasteiger partial charge on any atom is -0.497 e. The minimum atomic E-state index is -0.212. The molecular formula is C55H64N10O7. The SMILES string of the molecule is COc1ccc([C@@H](C)N2C[C@H]([C@@H](C)Oc3nc(-c4ccc(N5CCOCC5)cc4)cn4ncc(C)c34)CC2=O)cc1.Cc1cnn2cc(-c3ccc(N4CCOCC4)cc3)nc(O[C@H](C)[C@H]3CNC(=O)C3)c12. The van der Waals surface area contributed by atoms with Gasteiger partial charge in [-0.15, -0.1) is 0 Å². The molecule has 3 aromatic carbocycles. The highest BCUT2D eigenvalue weighted by Crippen LogP contribution is 2.35. The number of carbonyl (C=O) groups excluding carboxylic acids is 2. The Morgan fingerprint density at radius 3 is 1.58 bits per heavy atom. The van der Waals surface area contributed by atoms with Gasteiger partial charge in [-0.3, -0.25) is 9.59 Å². The number of benzene rings is 3. The molecule has 0 aliphatic carbocycles. The van der Waals surface area contributed by atoms with Crippen LogP contribution in [0, 0.1) is 25.7 Å². The fourth-order valence-corrected chi connectivity index (χ4v) is 10.0. The van der Waals surface area contributed by atoms with E-state index in [9.17, 15) is 9.59 Å². The van der Waals surface area contributed by atoms with Crippen molar-refractivity contribution in [1.82, 2.24) is 39.4 Å². The Balaban J connectivity index is 0.000000172. The molecule has 72 heavy (non-hydrogen) atoms. The molecule has 4 aliphatic heterocycles. The van der Waals surface area contributed by atoms with E-state index < -0.39 is 0 Å². The number of ether oxygens (including phenoxy) is 5. The Morgan fingerprint density at radius 1 is 0.639 bits per heavy atom. The van der Waals surface area contributed by atoms with Crippen molar-refractivity contribution in [2.45, 2.75) is 65.7 Å². The van der Waals surface area contributed by atoms with Crippen LogP contribution in [0.1, 0.15) is 56.3 Å². The fourth-order valence-electron chi connectivity index (χ4n) is 10.0. The zero-order valence-electron chi connectivity index (χ0n) is 42.0. The third-order valence-electron chi connectivity index (χ3n) is 14.6. The van der Waals surface area contributed by atoms with Crippen LogP contribution in [0.3, 0.4) is 0 Å². The van der Waals surface area contributed by atoms with Gasteiger partial charge < -0.3 is 43.7 Å². The molecule has 4 saturated heterocycles. The summed E-state index contributed by atoms with van der Waals surface area (Å²) in [6.07, 6.45) is 8.11. The Labute approximate surface area is 420 Å². The van der Waals surface area contributed by atoms with Gasteiger partial charge in [0.25, 0.3) is 0 Å². The minimum absolute atomic E-state index is 0.0312. The number of fused-ring (bicyclic) bond motifs is 2. The molecule has 0 spiro atoms. The van der Waals surface area contributed by atoms with Crippen molar-refractivity contribution in [2.75, 3.05) is 82.6 Å². The van der Waals surface area contributed by atoms with Crippen molar-refractivity contribution in [3.05, 3.63) is 114 Å².